The number of thiophene rings is 1. The average Bonchev–Trinajstić information content (AvgIpc) is 3.22. The molecule has 0 bridgehead atoms. The van der Waals surface area contributed by atoms with Gasteiger partial charge in [-0.25, -0.2) is 10.4 Å². The standard InChI is InChI=1S/C26H23ClN4O2S2/c1-16-9-11-19(12-10-16)31-25(33)23-20-7-2-3-8-21(20)35-24(23)29-26(31)34-15-22(32)30-28-14-17-5-4-6-18(27)13-17/h4-6,9-14H,2-3,7-8,15H2,1H3,(H,30,32). The van der Waals surface area contributed by atoms with Crippen molar-refractivity contribution in [3.05, 3.63) is 85.5 Å². The van der Waals surface area contributed by atoms with Crippen molar-refractivity contribution in [3.8, 4) is 5.69 Å². The lowest BCUT2D eigenvalue weighted by atomic mass is 9.97. The van der Waals surface area contributed by atoms with E-state index >= 15 is 0 Å². The molecule has 2 aromatic heterocycles. The van der Waals surface area contributed by atoms with Gasteiger partial charge in [-0.15, -0.1) is 11.3 Å². The number of carbonyl (C=O) groups is 1. The van der Waals surface area contributed by atoms with E-state index in [1.165, 1.54) is 22.9 Å². The van der Waals surface area contributed by atoms with Gasteiger partial charge in [0.05, 0.1) is 23.0 Å². The Morgan fingerprint density at radius 2 is 2.03 bits per heavy atom. The lowest BCUT2D eigenvalue weighted by Gasteiger charge is -2.13. The first kappa shape index (κ1) is 23.8. The number of nitrogens with zero attached hydrogens (tertiary/aromatic N) is 3. The SMILES string of the molecule is Cc1ccc(-n2c(SCC(=O)NN=Cc3cccc(Cl)c3)nc3sc4c(c3c2=O)CCCC4)cc1. The van der Waals surface area contributed by atoms with E-state index in [-0.39, 0.29) is 17.2 Å². The molecule has 2 aromatic carbocycles. The number of halogens is 1. The van der Waals surface area contributed by atoms with Crippen LogP contribution in [0.2, 0.25) is 5.02 Å². The highest BCUT2D eigenvalue weighted by atomic mass is 35.5. The molecule has 0 spiro atoms. The summed E-state index contributed by atoms with van der Waals surface area (Å²) in [6.45, 7) is 2.01. The quantitative estimate of drug-likeness (QED) is 0.156. The zero-order chi connectivity index (χ0) is 24.4. The van der Waals surface area contributed by atoms with Crippen molar-refractivity contribution in [2.24, 2.45) is 5.10 Å². The zero-order valence-electron chi connectivity index (χ0n) is 19.1. The molecular formula is C26H23ClN4O2S2. The predicted octanol–water partition coefficient (Wildman–Crippen LogP) is 5.53. The van der Waals surface area contributed by atoms with Crippen LogP contribution < -0.4 is 11.0 Å². The summed E-state index contributed by atoms with van der Waals surface area (Å²) in [4.78, 5) is 33.1. The maximum atomic E-state index is 13.8. The molecular weight excluding hydrogens is 500 g/mol. The van der Waals surface area contributed by atoms with Crippen LogP contribution in [0.3, 0.4) is 0 Å². The summed E-state index contributed by atoms with van der Waals surface area (Å²) in [5, 5.41) is 5.84. The number of hydrogen-bond acceptors (Lipinski definition) is 6. The van der Waals surface area contributed by atoms with Crippen molar-refractivity contribution in [1.82, 2.24) is 15.0 Å². The summed E-state index contributed by atoms with van der Waals surface area (Å²) in [7, 11) is 0. The average molecular weight is 523 g/mol. The lowest BCUT2D eigenvalue weighted by Crippen LogP contribution is -2.24. The van der Waals surface area contributed by atoms with Crippen molar-refractivity contribution in [2.75, 3.05) is 5.75 Å². The number of aryl methyl sites for hydroxylation is 3. The van der Waals surface area contributed by atoms with Crippen molar-refractivity contribution in [2.45, 2.75) is 37.8 Å². The van der Waals surface area contributed by atoms with E-state index in [1.54, 1.807) is 28.0 Å². The van der Waals surface area contributed by atoms with Gasteiger partial charge in [-0.3, -0.25) is 14.2 Å². The second kappa shape index (κ2) is 10.4. The molecule has 0 saturated heterocycles. The van der Waals surface area contributed by atoms with Crippen molar-refractivity contribution in [3.63, 3.8) is 0 Å². The third kappa shape index (κ3) is 5.19. The first-order valence-corrected chi connectivity index (χ1v) is 13.5. The third-order valence-corrected chi connectivity index (χ3v) is 8.19. The van der Waals surface area contributed by atoms with E-state index < -0.39 is 0 Å². The molecule has 0 fully saturated rings. The highest BCUT2D eigenvalue weighted by molar-refractivity contribution is 7.99. The Hall–Kier alpha value is -2.94. The first-order chi connectivity index (χ1) is 17.0. The number of hydrazone groups is 1. The molecule has 9 heteroatoms. The number of nitrogens with one attached hydrogen (secondary N) is 1. The lowest BCUT2D eigenvalue weighted by molar-refractivity contribution is -0.118. The molecule has 1 aliphatic rings. The number of rotatable bonds is 6. The molecule has 1 aliphatic carbocycles. The molecule has 0 saturated carbocycles. The van der Waals surface area contributed by atoms with E-state index in [9.17, 15) is 9.59 Å². The maximum absolute atomic E-state index is 13.8. The van der Waals surface area contributed by atoms with Crippen LogP contribution >= 0.6 is 34.7 Å². The minimum atomic E-state index is -0.288. The summed E-state index contributed by atoms with van der Waals surface area (Å²) in [6, 6.07) is 15.0. The van der Waals surface area contributed by atoms with Crippen LogP contribution in [0.1, 0.15) is 34.4 Å². The Morgan fingerprint density at radius 1 is 1.23 bits per heavy atom. The van der Waals surface area contributed by atoms with Crippen molar-refractivity contribution >= 4 is 57.0 Å². The van der Waals surface area contributed by atoms with Gasteiger partial charge in [0.15, 0.2) is 5.16 Å². The molecule has 6 nitrogen and oxygen atoms in total. The minimum absolute atomic E-state index is 0.0693. The Bertz CT molecular complexity index is 1490. The van der Waals surface area contributed by atoms with Crippen molar-refractivity contribution in [1.29, 1.82) is 0 Å². The summed E-state index contributed by atoms with van der Waals surface area (Å²) >= 11 is 8.82. The number of fused-ring (bicyclic) bond motifs is 3. The van der Waals surface area contributed by atoms with Gasteiger partial charge in [0.1, 0.15) is 4.83 Å². The van der Waals surface area contributed by atoms with Gasteiger partial charge in [0, 0.05) is 9.90 Å². The van der Waals surface area contributed by atoms with E-state index in [4.69, 9.17) is 16.6 Å². The number of hydrogen-bond donors (Lipinski definition) is 1. The fraction of sp³-hybridized carbons (Fsp3) is 0.231. The molecule has 0 aliphatic heterocycles. The molecule has 35 heavy (non-hydrogen) atoms. The highest BCUT2D eigenvalue weighted by Crippen LogP contribution is 2.35. The fourth-order valence-corrected chi connectivity index (χ4v) is 6.44. The maximum Gasteiger partial charge on any atom is 0.267 e. The van der Waals surface area contributed by atoms with Crippen LogP contribution in [0.25, 0.3) is 15.9 Å². The smallest absolute Gasteiger partial charge is 0.267 e. The second-order valence-corrected chi connectivity index (χ2v) is 10.9. The Labute approximate surface area is 216 Å². The minimum Gasteiger partial charge on any atom is -0.272 e. The van der Waals surface area contributed by atoms with Gasteiger partial charge in [0.2, 0.25) is 0 Å². The van der Waals surface area contributed by atoms with Gasteiger partial charge in [-0.1, -0.05) is 53.2 Å². The van der Waals surface area contributed by atoms with Crippen LogP contribution in [-0.4, -0.2) is 27.4 Å². The third-order valence-electron chi connectivity index (χ3n) is 5.83. The number of thioether (sulfide) groups is 1. The van der Waals surface area contributed by atoms with Crippen LogP contribution in [0, 0.1) is 6.92 Å². The van der Waals surface area contributed by atoms with Gasteiger partial charge in [-0.2, -0.15) is 5.10 Å². The second-order valence-electron chi connectivity index (χ2n) is 8.40. The highest BCUT2D eigenvalue weighted by Gasteiger charge is 2.23. The molecule has 5 rings (SSSR count). The Kier molecular flexibility index (Phi) is 7.04. The van der Waals surface area contributed by atoms with Crippen LogP contribution in [-0.2, 0) is 17.6 Å². The summed E-state index contributed by atoms with van der Waals surface area (Å²) in [6.07, 6.45) is 5.69. The summed E-state index contributed by atoms with van der Waals surface area (Å²) in [5.41, 5.74) is 6.25. The number of carbonyl (C=O) groups excluding carboxylic acids is 1. The largest absolute Gasteiger partial charge is 0.272 e. The van der Waals surface area contributed by atoms with Gasteiger partial charge >= 0.3 is 0 Å². The molecule has 0 radical (unpaired) electrons. The monoisotopic (exact) mass is 522 g/mol. The number of aromatic nitrogens is 2. The Balaban J connectivity index is 1.43. The number of amides is 1. The predicted molar refractivity (Wildman–Crippen MR) is 145 cm³/mol. The number of benzene rings is 2. The topological polar surface area (TPSA) is 76.3 Å². The normalized spacial score (nSPS) is 13.3. The van der Waals surface area contributed by atoms with Crippen LogP contribution in [0.5, 0.6) is 0 Å². The molecule has 1 amide bonds. The van der Waals surface area contributed by atoms with Crippen LogP contribution in [0.4, 0.5) is 0 Å². The van der Waals surface area contributed by atoms with Crippen LogP contribution in [0.15, 0.2) is 63.6 Å². The summed E-state index contributed by atoms with van der Waals surface area (Å²) in [5.74, 6) is -0.217. The first-order valence-electron chi connectivity index (χ1n) is 11.3. The van der Waals surface area contributed by atoms with E-state index in [1.807, 2.05) is 43.3 Å². The van der Waals surface area contributed by atoms with Crippen molar-refractivity contribution < 1.29 is 4.79 Å². The molecule has 4 aromatic rings. The zero-order valence-corrected chi connectivity index (χ0v) is 21.5. The molecule has 0 unspecified atom stereocenters. The molecule has 2 heterocycles. The fourth-order valence-electron chi connectivity index (χ4n) is 4.13. The van der Waals surface area contributed by atoms with E-state index in [0.717, 1.165) is 58.3 Å². The van der Waals surface area contributed by atoms with E-state index in [2.05, 4.69) is 10.5 Å². The molecule has 1 N–H and O–H groups in total. The molecule has 0 atom stereocenters. The van der Waals surface area contributed by atoms with Gasteiger partial charge in [-0.05, 0) is 68.0 Å². The molecule has 178 valence electrons. The Morgan fingerprint density at radius 3 is 2.83 bits per heavy atom. The van der Waals surface area contributed by atoms with E-state index in [0.29, 0.717) is 10.2 Å². The summed E-state index contributed by atoms with van der Waals surface area (Å²) < 4.78 is 1.64. The van der Waals surface area contributed by atoms with Gasteiger partial charge < -0.3 is 0 Å². The van der Waals surface area contributed by atoms with Gasteiger partial charge in [0.25, 0.3) is 11.5 Å².